The van der Waals surface area contributed by atoms with Gasteiger partial charge in [-0.1, -0.05) is 18.2 Å². The highest BCUT2D eigenvalue weighted by atomic mass is 19.1. The van der Waals surface area contributed by atoms with Crippen molar-refractivity contribution in [2.75, 3.05) is 5.73 Å². The molecule has 9 heteroatoms. The van der Waals surface area contributed by atoms with E-state index < -0.39 is 0 Å². The van der Waals surface area contributed by atoms with Gasteiger partial charge in [0.25, 0.3) is 0 Å². The summed E-state index contributed by atoms with van der Waals surface area (Å²) in [5, 5.41) is 12.6. The number of nitrogen functional groups attached to an aromatic ring is 1. The van der Waals surface area contributed by atoms with Gasteiger partial charge < -0.3 is 5.73 Å². The molecule has 0 aliphatic heterocycles. The summed E-state index contributed by atoms with van der Waals surface area (Å²) in [4.78, 5) is 13.0. The fraction of sp³-hybridized carbons (Fsp3) is 0.0500. The summed E-state index contributed by atoms with van der Waals surface area (Å²) in [5.74, 6) is 1.11. The second kappa shape index (κ2) is 6.79. The highest BCUT2D eigenvalue weighted by Crippen LogP contribution is 2.26. The second-order valence-electron chi connectivity index (χ2n) is 6.45. The molecule has 0 amide bonds. The number of nitrogens with two attached hydrogens (primary N) is 1. The van der Waals surface area contributed by atoms with Gasteiger partial charge in [0.15, 0.2) is 11.5 Å². The van der Waals surface area contributed by atoms with E-state index in [2.05, 4.69) is 30.2 Å². The van der Waals surface area contributed by atoms with E-state index in [1.165, 1.54) is 6.07 Å². The molecule has 0 bridgehead atoms. The summed E-state index contributed by atoms with van der Waals surface area (Å²) in [6, 6.07) is 13.8. The molecule has 1 aromatic carbocycles. The van der Waals surface area contributed by atoms with Gasteiger partial charge in [0, 0.05) is 23.5 Å². The van der Waals surface area contributed by atoms with Gasteiger partial charge in [0.1, 0.15) is 17.3 Å². The predicted octanol–water partition coefficient (Wildman–Crippen LogP) is 3.05. The molecule has 3 N–H and O–H groups in total. The fourth-order valence-electron chi connectivity index (χ4n) is 3.12. The Balaban J connectivity index is 1.58. The van der Waals surface area contributed by atoms with Crippen LogP contribution in [0.25, 0.3) is 33.9 Å². The summed E-state index contributed by atoms with van der Waals surface area (Å²) < 4.78 is 15.8. The first-order valence-electron chi connectivity index (χ1n) is 8.88. The van der Waals surface area contributed by atoms with E-state index >= 15 is 0 Å². The van der Waals surface area contributed by atoms with Gasteiger partial charge >= 0.3 is 0 Å². The van der Waals surface area contributed by atoms with Crippen molar-refractivity contribution in [3.63, 3.8) is 0 Å². The maximum atomic E-state index is 14.1. The largest absolute Gasteiger partial charge is 0.384 e. The van der Waals surface area contributed by atoms with Gasteiger partial charge in [-0.05, 0) is 30.3 Å². The molecular formula is C20H15FN8. The van der Waals surface area contributed by atoms with Crippen molar-refractivity contribution in [2.24, 2.45) is 0 Å². The van der Waals surface area contributed by atoms with Crippen molar-refractivity contribution in [2.45, 2.75) is 6.54 Å². The Labute approximate surface area is 164 Å². The van der Waals surface area contributed by atoms with Crippen LogP contribution in [0.15, 0.2) is 60.9 Å². The lowest BCUT2D eigenvalue weighted by Crippen LogP contribution is -2.04. The van der Waals surface area contributed by atoms with Crippen LogP contribution in [-0.4, -0.2) is 34.9 Å². The number of nitrogens with one attached hydrogen (secondary N) is 1. The Bertz CT molecular complexity index is 1310. The lowest BCUT2D eigenvalue weighted by atomic mass is 10.2. The Hall–Kier alpha value is -4.14. The Morgan fingerprint density at radius 1 is 1.03 bits per heavy atom. The van der Waals surface area contributed by atoms with Crippen LogP contribution in [-0.2, 0) is 6.54 Å². The van der Waals surface area contributed by atoms with Gasteiger partial charge in [-0.15, -0.1) is 0 Å². The number of pyridine rings is 2. The number of benzene rings is 1. The number of halogens is 1. The van der Waals surface area contributed by atoms with Crippen LogP contribution in [0.5, 0.6) is 0 Å². The summed E-state index contributed by atoms with van der Waals surface area (Å²) in [6.07, 6.45) is 3.30. The molecule has 4 heterocycles. The second-order valence-corrected chi connectivity index (χ2v) is 6.45. The number of fused-ring (bicyclic) bond motifs is 1. The van der Waals surface area contributed by atoms with Crippen LogP contribution in [0.3, 0.4) is 0 Å². The van der Waals surface area contributed by atoms with Crippen molar-refractivity contribution in [3.8, 4) is 22.9 Å². The zero-order valence-electron chi connectivity index (χ0n) is 15.1. The van der Waals surface area contributed by atoms with E-state index in [0.717, 1.165) is 10.9 Å². The predicted molar refractivity (Wildman–Crippen MR) is 106 cm³/mol. The number of aromatic amines is 1. The van der Waals surface area contributed by atoms with Crippen molar-refractivity contribution in [1.29, 1.82) is 0 Å². The van der Waals surface area contributed by atoms with E-state index in [1.54, 1.807) is 41.3 Å². The van der Waals surface area contributed by atoms with Gasteiger partial charge in [0.05, 0.1) is 11.9 Å². The van der Waals surface area contributed by atoms with Crippen molar-refractivity contribution in [3.05, 3.63) is 72.3 Å². The molecule has 142 valence electrons. The van der Waals surface area contributed by atoms with Crippen LogP contribution in [0.4, 0.5) is 10.2 Å². The number of aromatic nitrogens is 7. The number of hydrogen-bond acceptors (Lipinski definition) is 6. The quantitative estimate of drug-likeness (QED) is 0.491. The molecule has 5 aromatic rings. The molecule has 29 heavy (non-hydrogen) atoms. The molecule has 0 saturated carbocycles. The zero-order chi connectivity index (χ0) is 19.8. The van der Waals surface area contributed by atoms with Crippen LogP contribution >= 0.6 is 0 Å². The van der Waals surface area contributed by atoms with Gasteiger partial charge in [-0.3, -0.25) is 5.10 Å². The Kier molecular flexibility index (Phi) is 3.98. The molecule has 0 aliphatic carbocycles. The molecule has 4 aromatic heterocycles. The number of nitrogens with zero attached hydrogens (tertiary/aromatic N) is 6. The SMILES string of the molecule is Nc1ccc(-c2nc(-c3nn(Cc4ccccc4F)c4ncccc34)n[nH]2)cn1. The van der Waals surface area contributed by atoms with Crippen LogP contribution in [0.2, 0.25) is 0 Å². The third-order valence-corrected chi connectivity index (χ3v) is 4.54. The van der Waals surface area contributed by atoms with E-state index in [4.69, 9.17) is 5.73 Å². The minimum atomic E-state index is -0.287. The molecule has 0 radical (unpaired) electrons. The number of anilines is 1. The Morgan fingerprint density at radius 3 is 2.76 bits per heavy atom. The van der Waals surface area contributed by atoms with Gasteiger partial charge in [-0.25, -0.2) is 24.0 Å². The van der Waals surface area contributed by atoms with E-state index in [0.29, 0.717) is 34.4 Å². The smallest absolute Gasteiger partial charge is 0.202 e. The lowest BCUT2D eigenvalue weighted by Gasteiger charge is -2.04. The van der Waals surface area contributed by atoms with Crippen LogP contribution < -0.4 is 5.73 Å². The average molecular weight is 386 g/mol. The highest BCUT2D eigenvalue weighted by Gasteiger charge is 2.18. The van der Waals surface area contributed by atoms with Crippen molar-refractivity contribution < 1.29 is 4.39 Å². The molecule has 0 atom stereocenters. The van der Waals surface area contributed by atoms with Crippen LogP contribution in [0.1, 0.15) is 5.56 Å². The maximum absolute atomic E-state index is 14.1. The third-order valence-electron chi connectivity index (χ3n) is 4.54. The molecule has 0 aliphatic rings. The monoisotopic (exact) mass is 386 g/mol. The lowest BCUT2D eigenvalue weighted by molar-refractivity contribution is 0.589. The normalized spacial score (nSPS) is 11.2. The van der Waals surface area contributed by atoms with Gasteiger partial charge in [-0.2, -0.15) is 10.2 Å². The Morgan fingerprint density at radius 2 is 1.93 bits per heavy atom. The minimum Gasteiger partial charge on any atom is -0.384 e. The molecule has 8 nitrogen and oxygen atoms in total. The number of hydrogen-bond donors (Lipinski definition) is 2. The summed E-state index contributed by atoms with van der Waals surface area (Å²) in [7, 11) is 0. The summed E-state index contributed by atoms with van der Waals surface area (Å²) in [6.45, 7) is 0.249. The van der Waals surface area contributed by atoms with Crippen LogP contribution in [0, 0.1) is 5.82 Å². The van der Waals surface area contributed by atoms with E-state index in [1.807, 2.05) is 18.2 Å². The first-order chi connectivity index (χ1) is 14.2. The zero-order valence-corrected chi connectivity index (χ0v) is 15.1. The standard InChI is InChI=1S/C20H15FN8/c21-15-6-2-1-4-13(15)11-29-20-14(5-3-9-23-20)17(28-29)19-25-18(26-27-19)12-7-8-16(22)24-10-12/h1-10H,11H2,(H2,22,24)(H,25,26,27). The average Bonchev–Trinajstić information content (AvgIpc) is 3.36. The molecule has 5 rings (SSSR count). The first kappa shape index (κ1) is 17.0. The minimum absolute atomic E-state index is 0.249. The molecule has 0 unspecified atom stereocenters. The molecule has 0 spiro atoms. The maximum Gasteiger partial charge on any atom is 0.202 e. The topological polar surface area (TPSA) is 111 Å². The molecule has 0 saturated heterocycles. The van der Waals surface area contributed by atoms with Crippen molar-refractivity contribution >= 4 is 16.9 Å². The fourth-order valence-corrected chi connectivity index (χ4v) is 3.12. The van der Waals surface area contributed by atoms with E-state index in [-0.39, 0.29) is 12.4 Å². The first-order valence-corrected chi connectivity index (χ1v) is 8.88. The molecule has 0 fully saturated rings. The van der Waals surface area contributed by atoms with Crippen molar-refractivity contribution in [1.82, 2.24) is 34.9 Å². The highest BCUT2D eigenvalue weighted by molar-refractivity contribution is 5.89. The summed E-state index contributed by atoms with van der Waals surface area (Å²) in [5.41, 5.74) is 8.11. The third kappa shape index (κ3) is 3.08. The summed E-state index contributed by atoms with van der Waals surface area (Å²) >= 11 is 0. The molecular weight excluding hydrogens is 371 g/mol. The van der Waals surface area contributed by atoms with E-state index in [9.17, 15) is 4.39 Å². The number of rotatable bonds is 4. The number of H-pyrrole nitrogens is 1. The van der Waals surface area contributed by atoms with Gasteiger partial charge in [0.2, 0.25) is 5.82 Å².